The van der Waals surface area contributed by atoms with Gasteiger partial charge in [0.15, 0.2) is 0 Å². The molecule has 2 aromatic carbocycles. The third kappa shape index (κ3) is 4.04. The Hall–Kier alpha value is -3.01. The van der Waals surface area contributed by atoms with Crippen LogP contribution >= 0.6 is 0 Å². The van der Waals surface area contributed by atoms with Gasteiger partial charge in [-0.1, -0.05) is 48.6 Å². The van der Waals surface area contributed by atoms with E-state index in [-0.39, 0.29) is 6.61 Å². The molecule has 1 N–H and O–H groups in total. The van der Waals surface area contributed by atoms with E-state index in [0.29, 0.717) is 6.54 Å². The summed E-state index contributed by atoms with van der Waals surface area (Å²) in [5.41, 5.74) is 3.28. The quantitative estimate of drug-likeness (QED) is 0.768. The molecule has 0 aliphatic carbocycles. The number of ether oxygens (including phenoxy) is 1. The number of nitrogens with one attached hydrogen (secondary N) is 1. The van der Waals surface area contributed by atoms with Gasteiger partial charge in [-0.3, -0.25) is 0 Å². The van der Waals surface area contributed by atoms with Crippen molar-refractivity contribution in [2.45, 2.75) is 6.61 Å². The van der Waals surface area contributed by atoms with E-state index in [1.165, 1.54) is 10.9 Å². The van der Waals surface area contributed by atoms with E-state index in [2.05, 4.69) is 34.1 Å². The molecular formula is C20H20N2O2. The molecule has 3 rings (SSSR count). The minimum atomic E-state index is -0.415. The monoisotopic (exact) mass is 320 g/mol. The Kier molecular flexibility index (Phi) is 4.96. The van der Waals surface area contributed by atoms with Crippen LogP contribution in [0.15, 0.2) is 66.9 Å². The van der Waals surface area contributed by atoms with Gasteiger partial charge in [0, 0.05) is 30.7 Å². The Bertz CT molecular complexity index is 850. The Morgan fingerprint density at radius 2 is 2.00 bits per heavy atom. The smallest absolute Gasteiger partial charge is 0.407 e. The summed E-state index contributed by atoms with van der Waals surface area (Å²) in [6.07, 6.45) is 5.53. The SMILES string of the molecule is Cn1ccc2cc(C=CCNC(=O)OCc3ccccc3)ccc21. The highest BCUT2D eigenvalue weighted by molar-refractivity contribution is 5.82. The van der Waals surface area contributed by atoms with Crippen molar-refractivity contribution in [2.24, 2.45) is 7.05 Å². The van der Waals surface area contributed by atoms with Crippen LogP contribution in [0.2, 0.25) is 0 Å². The number of carbonyl (C=O) groups is 1. The van der Waals surface area contributed by atoms with E-state index in [9.17, 15) is 4.79 Å². The van der Waals surface area contributed by atoms with Gasteiger partial charge < -0.3 is 14.6 Å². The van der Waals surface area contributed by atoms with Crippen molar-refractivity contribution in [2.75, 3.05) is 6.54 Å². The topological polar surface area (TPSA) is 43.3 Å². The molecule has 4 nitrogen and oxygen atoms in total. The number of aromatic nitrogens is 1. The fourth-order valence-electron chi connectivity index (χ4n) is 2.52. The second-order valence-corrected chi connectivity index (χ2v) is 5.59. The normalized spacial score (nSPS) is 11.0. The number of benzene rings is 2. The fourth-order valence-corrected chi connectivity index (χ4v) is 2.52. The maximum atomic E-state index is 11.6. The molecule has 0 aliphatic rings. The van der Waals surface area contributed by atoms with E-state index < -0.39 is 6.09 Å². The number of carbonyl (C=O) groups excluding carboxylic acids is 1. The first-order valence-electron chi connectivity index (χ1n) is 7.88. The highest BCUT2D eigenvalue weighted by Gasteiger charge is 2.00. The Balaban J connectivity index is 1.46. The van der Waals surface area contributed by atoms with Gasteiger partial charge in [0.1, 0.15) is 6.61 Å². The summed E-state index contributed by atoms with van der Waals surface area (Å²) in [4.78, 5) is 11.6. The van der Waals surface area contributed by atoms with Crippen LogP contribution < -0.4 is 5.32 Å². The second kappa shape index (κ2) is 7.51. The molecule has 0 saturated heterocycles. The van der Waals surface area contributed by atoms with Crippen LogP contribution in [0, 0.1) is 0 Å². The van der Waals surface area contributed by atoms with E-state index in [4.69, 9.17) is 4.74 Å². The predicted molar refractivity (Wildman–Crippen MR) is 96.6 cm³/mol. The van der Waals surface area contributed by atoms with Gasteiger partial charge >= 0.3 is 6.09 Å². The maximum absolute atomic E-state index is 11.6. The molecule has 1 amide bonds. The van der Waals surface area contributed by atoms with Crippen LogP contribution in [0.25, 0.3) is 17.0 Å². The lowest BCUT2D eigenvalue weighted by Gasteiger charge is -2.05. The number of nitrogens with zero attached hydrogens (tertiary/aromatic N) is 1. The van der Waals surface area contributed by atoms with Crippen molar-refractivity contribution < 1.29 is 9.53 Å². The van der Waals surface area contributed by atoms with Crippen molar-refractivity contribution >= 4 is 23.1 Å². The zero-order valence-corrected chi connectivity index (χ0v) is 13.6. The van der Waals surface area contributed by atoms with Crippen LogP contribution in [-0.4, -0.2) is 17.2 Å². The molecule has 3 aromatic rings. The molecule has 24 heavy (non-hydrogen) atoms. The van der Waals surface area contributed by atoms with Gasteiger partial charge in [-0.15, -0.1) is 0 Å². The molecule has 0 bridgehead atoms. The predicted octanol–water partition coefficient (Wildman–Crippen LogP) is 4.12. The molecule has 4 heteroatoms. The van der Waals surface area contributed by atoms with Crippen molar-refractivity contribution in [1.82, 2.24) is 9.88 Å². The molecule has 1 aromatic heterocycles. The van der Waals surface area contributed by atoms with Crippen LogP contribution in [-0.2, 0) is 18.4 Å². The highest BCUT2D eigenvalue weighted by atomic mass is 16.5. The maximum Gasteiger partial charge on any atom is 0.407 e. The fraction of sp³-hybridized carbons (Fsp3) is 0.150. The molecule has 122 valence electrons. The Morgan fingerprint density at radius 1 is 1.17 bits per heavy atom. The van der Waals surface area contributed by atoms with Crippen LogP contribution in [0.4, 0.5) is 4.79 Å². The number of aryl methyl sites for hydroxylation is 1. The Morgan fingerprint density at radius 3 is 2.83 bits per heavy atom. The summed E-state index contributed by atoms with van der Waals surface area (Å²) >= 11 is 0. The van der Waals surface area contributed by atoms with E-state index in [1.54, 1.807) is 0 Å². The first-order valence-corrected chi connectivity index (χ1v) is 7.88. The number of alkyl carbamates (subject to hydrolysis) is 1. The lowest BCUT2D eigenvalue weighted by Crippen LogP contribution is -2.24. The summed E-state index contributed by atoms with van der Waals surface area (Å²) < 4.78 is 7.24. The van der Waals surface area contributed by atoms with Gasteiger partial charge in [-0.25, -0.2) is 4.79 Å². The third-order valence-corrected chi connectivity index (χ3v) is 3.80. The summed E-state index contributed by atoms with van der Waals surface area (Å²) in [6, 6.07) is 18.0. The van der Waals surface area contributed by atoms with Crippen LogP contribution in [0.1, 0.15) is 11.1 Å². The van der Waals surface area contributed by atoms with Crippen molar-refractivity contribution in [3.05, 3.63) is 78.0 Å². The molecule has 1 heterocycles. The summed E-state index contributed by atoms with van der Waals surface area (Å²) in [6.45, 7) is 0.710. The molecule has 0 aliphatic heterocycles. The average Bonchev–Trinajstić information content (AvgIpc) is 2.98. The van der Waals surface area contributed by atoms with Crippen molar-refractivity contribution in [3.8, 4) is 0 Å². The number of rotatable bonds is 5. The molecule has 0 spiro atoms. The molecule has 0 saturated carbocycles. The lowest BCUT2D eigenvalue weighted by molar-refractivity contribution is 0.141. The van der Waals surface area contributed by atoms with Gasteiger partial charge in [-0.05, 0) is 29.3 Å². The zero-order chi connectivity index (χ0) is 16.8. The zero-order valence-electron chi connectivity index (χ0n) is 13.6. The largest absolute Gasteiger partial charge is 0.445 e. The van der Waals surface area contributed by atoms with Gasteiger partial charge in [0.25, 0.3) is 0 Å². The molecular weight excluding hydrogens is 300 g/mol. The standard InChI is InChI=1S/C20H20N2O2/c1-22-13-11-18-14-16(9-10-19(18)22)8-5-12-21-20(23)24-15-17-6-3-2-4-7-17/h2-11,13-14H,12,15H2,1H3,(H,21,23). The summed E-state index contributed by atoms with van der Waals surface area (Å²) in [5, 5.41) is 3.92. The van der Waals surface area contributed by atoms with Gasteiger partial charge in [0.05, 0.1) is 0 Å². The summed E-state index contributed by atoms with van der Waals surface area (Å²) in [7, 11) is 2.03. The number of amides is 1. The van der Waals surface area contributed by atoms with Gasteiger partial charge in [-0.2, -0.15) is 0 Å². The number of fused-ring (bicyclic) bond motifs is 1. The van der Waals surface area contributed by atoms with E-state index in [0.717, 1.165) is 11.1 Å². The number of hydrogen-bond acceptors (Lipinski definition) is 2. The molecule has 0 unspecified atom stereocenters. The minimum absolute atomic E-state index is 0.279. The second-order valence-electron chi connectivity index (χ2n) is 5.59. The van der Waals surface area contributed by atoms with Crippen LogP contribution in [0.5, 0.6) is 0 Å². The van der Waals surface area contributed by atoms with Crippen molar-refractivity contribution in [3.63, 3.8) is 0 Å². The Labute approximate surface area is 141 Å². The molecule has 0 radical (unpaired) electrons. The summed E-state index contributed by atoms with van der Waals surface area (Å²) in [5.74, 6) is 0. The lowest BCUT2D eigenvalue weighted by atomic mass is 10.1. The molecule has 0 fully saturated rings. The first kappa shape index (κ1) is 15.9. The highest BCUT2D eigenvalue weighted by Crippen LogP contribution is 2.17. The average molecular weight is 320 g/mol. The van der Waals surface area contributed by atoms with Crippen LogP contribution in [0.3, 0.4) is 0 Å². The molecule has 0 atom stereocenters. The van der Waals surface area contributed by atoms with Crippen molar-refractivity contribution in [1.29, 1.82) is 0 Å². The van der Waals surface area contributed by atoms with E-state index >= 15 is 0 Å². The number of hydrogen-bond donors (Lipinski definition) is 1. The third-order valence-electron chi connectivity index (χ3n) is 3.80. The van der Waals surface area contributed by atoms with E-state index in [1.807, 2.05) is 55.7 Å². The first-order chi connectivity index (χ1) is 11.7. The minimum Gasteiger partial charge on any atom is -0.445 e. The van der Waals surface area contributed by atoms with Gasteiger partial charge in [0.2, 0.25) is 0 Å².